The van der Waals surface area contributed by atoms with Crippen LogP contribution in [-0.4, -0.2) is 30.5 Å². The Morgan fingerprint density at radius 1 is 1.43 bits per heavy atom. The van der Waals surface area contributed by atoms with E-state index in [1.54, 1.807) is 0 Å². The molecule has 6 heteroatoms. The van der Waals surface area contributed by atoms with E-state index in [9.17, 15) is 13.2 Å². The fraction of sp³-hybridized carbons (Fsp3) is 0.733. The van der Waals surface area contributed by atoms with Gasteiger partial charge in [0.05, 0.1) is 6.61 Å². The number of nitrogens with one attached hydrogen (secondary N) is 1. The van der Waals surface area contributed by atoms with Gasteiger partial charge in [-0.25, -0.2) is 0 Å². The molecule has 0 saturated heterocycles. The van der Waals surface area contributed by atoms with Crippen molar-refractivity contribution in [2.24, 2.45) is 5.92 Å². The van der Waals surface area contributed by atoms with Crippen molar-refractivity contribution in [3.05, 3.63) is 24.0 Å². The van der Waals surface area contributed by atoms with Crippen LogP contribution in [0.15, 0.2) is 18.5 Å². The van der Waals surface area contributed by atoms with Gasteiger partial charge in [0.15, 0.2) is 0 Å². The summed E-state index contributed by atoms with van der Waals surface area (Å²) in [6.07, 6.45) is 3.28. The lowest BCUT2D eigenvalue weighted by molar-refractivity contribution is -0.174. The van der Waals surface area contributed by atoms with Gasteiger partial charge in [-0.15, -0.1) is 0 Å². The normalized spacial score (nSPS) is 17.1. The summed E-state index contributed by atoms with van der Waals surface area (Å²) in [5, 5.41) is 3.55. The van der Waals surface area contributed by atoms with Gasteiger partial charge in [-0.05, 0) is 43.4 Å². The maximum atomic E-state index is 12.0. The molecule has 1 aromatic rings. The van der Waals surface area contributed by atoms with Crippen molar-refractivity contribution in [1.29, 1.82) is 0 Å². The SMILES string of the molecule is CCCNC(c1ccn(CCOCC(F)(F)F)c1)C1CC1. The van der Waals surface area contributed by atoms with Crippen molar-refractivity contribution in [1.82, 2.24) is 9.88 Å². The van der Waals surface area contributed by atoms with Gasteiger partial charge in [0.25, 0.3) is 0 Å². The first-order valence-electron chi connectivity index (χ1n) is 7.53. The van der Waals surface area contributed by atoms with Crippen molar-refractivity contribution >= 4 is 0 Å². The average molecular weight is 304 g/mol. The molecule has 0 aromatic carbocycles. The van der Waals surface area contributed by atoms with Crippen molar-refractivity contribution < 1.29 is 17.9 Å². The molecule has 0 aliphatic heterocycles. The van der Waals surface area contributed by atoms with Crippen LogP contribution < -0.4 is 5.32 Å². The molecule has 1 unspecified atom stereocenters. The Hall–Kier alpha value is -1.01. The molecule has 1 N–H and O–H groups in total. The first-order valence-corrected chi connectivity index (χ1v) is 7.53. The van der Waals surface area contributed by atoms with Crippen LogP contribution in [0.3, 0.4) is 0 Å². The van der Waals surface area contributed by atoms with E-state index in [1.807, 2.05) is 17.0 Å². The summed E-state index contributed by atoms with van der Waals surface area (Å²) in [5.74, 6) is 0.703. The molecule has 2 rings (SSSR count). The van der Waals surface area contributed by atoms with Crippen molar-refractivity contribution in [2.75, 3.05) is 19.8 Å². The van der Waals surface area contributed by atoms with Crippen LogP contribution in [0.5, 0.6) is 0 Å². The Morgan fingerprint density at radius 3 is 2.81 bits per heavy atom. The van der Waals surface area contributed by atoms with Crippen molar-refractivity contribution in [2.45, 2.75) is 44.9 Å². The highest BCUT2D eigenvalue weighted by Gasteiger charge is 2.32. The first-order chi connectivity index (χ1) is 9.99. The maximum Gasteiger partial charge on any atom is 0.411 e. The number of nitrogens with zero attached hydrogens (tertiary/aromatic N) is 1. The molecule has 0 bridgehead atoms. The third kappa shape index (κ3) is 5.71. The number of hydrogen-bond acceptors (Lipinski definition) is 2. The molecular formula is C15H23F3N2O. The second-order valence-electron chi connectivity index (χ2n) is 5.62. The Balaban J connectivity index is 1.79. The monoisotopic (exact) mass is 304 g/mol. The quantitative estimate of drug-likeness (QED) is 0.707. The Bertz CT molecular complexity index is 427. The van der Waals surface area contributed by atoms with Crippen LogP contribution >= 0.6 is 0 Å². The van der Waals surface area contributed by atoms with Gasteiger partial charge in [-0.3, -0.25) is 0 Å². The van der Waals surface area contributed by atoms with E-state index in [2.05, 4.69) is 23.0 Å². The summed E-state index contributed by atoms with van der Waals surface area (Å²) in [4.78, 5) is 0. The van der Waals surface area contributed by atoms with E-state index >= 15 is 0 Å². The zero-order valence-electron chi connectivity index (χ0n) is 12.3. The highest BCUT2D eigenvalue weighted by Crippen LogP contribution is 2.41. The van der Waals surface area contributed by atoms with Gasteiger partial charge < -0.3 is 14.6 Å². The van der Waals surface area contributed by atoms with Crippen LogP contribution in [-0.2, 0) is 11.3 Å². The maximum absolute atomic E-state index is 12.0. The van der Waals surface area contributed by atoms with E-state index in [0.29, 0.717) is 18.5 Å². The molecule has 1 aromatic heterocycles. The molecule has 1 aliphatic rings. The lowest BCUT2D eigenvalue weighted by Gasteiger charge is -2.16. The Kier molecular flexibility index (Phi) is 5.70. The predicted molar refractivity (Wildman–Crippen MR) is 75.1 cm³/mol. The Labute approximate surface area is 123 Å². The van der Waals surface area contributed by atoms with Gasteiger partial charge in [-0.1, -0.05) is 6.92 Å². The van der Waals surface area contributed by atoms with E-state index < -0.39 is 12.8 Å². The number of hydrogen-bond donors (Lipinski definition) is 1. The van der Waals surface area contributed by atoms with Crippen molar-refractivity contribution in [3.8, 4) is 0 Å². The molecule has 1 fully saturated rings. The average Bonchev–Trinajstić information content (AvgIpc) is 3.14. The van der Waals surface area contributed by atoms with E-state index in [4.69, 9.17) is 0 Å². The lowest BCUT2D eigenvalue weighted by atomic mass is 10.1. The summed E-state index contributed by atoms with van der Waals surface area (Å²) in [5.41, 5.74) is 1.22. The fourth-order valence-corrected chi connectivity index (χ4v) is 2.43. The highest BCUT2D eigenvalue weighted by molar-refractivity contribution is 5.18. The zero-order valence-corrected chi connectivity index (χ0v) is 12.3. The minimum absolute atomic E-state index is 0.0735. The molecular weight excluding hydrogens is 281 g/mol. The number of ether oxygens (including phenoxy) is 1. The zero-order chi connectivity index (χ0) is 15.3. The number of rotatable bonds is 9. The molecule has 1 aliphatic carbocycles. The van der Waals surface area contributed by atoms with Crippen LogP contribution in [0, 0.1) is 5.92 Å². The van der Waals surface area contributed by atoms with Gasteiger partial charge in [-0.2, -0.15) is 13.2 Å². The minimum Gasteiger partial charge on any atom is -0.370 e. The predicted octanol–water partition coefficient (Wildman–Crippen LogP) is 3.52. The van der Waals surface area contributed by atoms with Crippen molar-refractivity contribution in [3.63, 3.8) is 0 Å². The largest absolute Gasteiger partial charge is 0.411 e. The molecule has 0 radical (unpaired) electrons. The van der Waals surface area contributed by atoms with E-state index in [1.165, 1.54) is 18.4 Å². The third-order valence-corrected chi connectivity index (χ3v) is 3.60. The van der Waals surface area contributed by atoms with Gasteiger partial charge >= 0.3 is 6.18 Å². The summed E-state index contributed by atoms with van der Waals surface area (Å²) in [7, 11) is 0. The smallest absolute Gasteiger partial charge is 0.370 e. The van der Waals surface area contributed by atoms with Gasteiger partial charge in [0, 0.05) is 25.0 Å². The number of aromatic nitrogens is 1. The molecule has 120 valence electrons. The van der Waals surface area contributed by atoms with Gasteiger partial charge in [0.2, 0.25) is 0 Å². The second-order valence-corrected chi connectivity index (χ2v) is 5.62. The molecule has 3 nitrogen and oxygen atoms in total. The van der Waals surface area contributed by atoms with Crippen LogP contribution in [0.1, 0.15) is 37.8 Å². The molecule has 21 heavy (non-hydrogen) atoms. The topological polar surface area (TPSA) is 26.2 Å². The Morgan fingerprint density at radius 2 is 2.19 bits per heavy atom. The summed E-state index contributed by atoms with van der Waals surface area (Å²) in [6.45, 7) is 2.47. The first kappa shape index (κ1) is 16.4. The molecule has 1 heterocycles. The summed E-state index contributed by atoms with van der Waals surface area (Å²) >= 11 is 0. The highest BCUT2D eigenvalue weighted by atomic mass is 19.4. The van der Waals surface area contributed by atoms with Gasteiger partial charge in [0.1, 0.15) is 6.61 Å². The molecule has 1 saturated carbocycles. The van der Waals surface area contributed by atoms with Crippen LogP contribution in [0.25, 0.3) is 0 Å². The molecule has 0 amide bonds. The van der Waals surface area contributed by atoms with E-state index in [0.717, 1.165) is 13.0 Å². The fourth-order valence-electron chi connectivity index (χ4n) is 2.43. The van der Waals surface area contributed by atoms with E-state index in [-0.39, 0.29) is 6.61 Å². The van der Waals surface area contributed by atoms with Crippen LogP contribution in [0.2, 0.25) is 0 Å². The minimum atomic E-state index is -4.25. The molecule has 1 atom stereocenters. The summed E-state index contributed by atoms with van der Waals surface area (Å²) in [6, 6.07) is 2.43. The second kappa shape index (κ2) is 7.31. The number of halogens is 3. The summed E-state index contributed by atoms with van der Waals surface area (Å²) < 4.78 is 42.4. The number of alkyl halides is 3. The molecule has 0 spiro atoms. The standard InChI is InChI=1S/C15H23F3N2O/c1-2-6-19-14(12-3-4-12)13-5-7-20(10-13)8-9-21-11-15(16,17)18/h5,7,10,12,14,19H,2-4,6,8-9,11H2,1H3. The third-order valence-electron chi connectivity index (χ3n) is 3.60. The lowest BCUT2D eigenvalue weighted by Crippen LogP contribution is -2.23. The van der Waals surface area contributed by atoms with Crippen LogP contribution in [0.4, 0.5) is 13.2 Å².